The standard InChI is InChI=1S/C12H12BrF2NO2/c13-7-4-9(14)11(10(15)5-7)12(18)16-3-1-2-8(17)6-16/h4-5,8,17H,1-3,6H2/t8-/m0/s1. The molecule has 1 aliphatic heterocycles. The van der Waals surface area contributed by atoms with E-state index in [1.165, 1.54) is 4.90 Å². The number of piperidine rings is 1. The van der Waals surface area contributed by atoms with Crippen LogP contribution in [0.25, 0.3) is 0 Å². The molecule has 0 spiro atoms. The second kappa shape index (κ2) is 5.32. The van der Waals surface area contributed by atoms with E-state index in [2.05, 4.69) is 15.9 Å². The number of carbonyl (C=O) groups excluding carboxylic acids is 1. The Morgan fingerprint density at radius 1 is 1.39 bits per heavy atom. The van der Waals surface area contributed by atoms with Gasteiger partial charge in [-0.25, -0.2) is 8.78 Å². The van der Waals surface area contributed by atoms with Crippen LogP contribution in [-0.4, -0.2) is 35.1 Å². The van der Waals surface area contributed by atoms with Gasteiger partial charge in [0.15, 0.2) is 0 Å². The van der Waals surface area contributed by atoms with Crippen molar-refractivity contribution in [2.45, 2.75) is 18.9 Å². The summed E-state index contributed by atoms with van der Waals surface area (Å²) in [5, 5.41) is 9.47. The van der Waals surface area contributed by atoms with Crippen molar-refractivity contribution in [3.8, 4) is 0 Å². The number of halogens is 3. The molecule has 1 heterocycles. The maximum Gasteiger partial charge on any atom is 0.259 e. The Morgan fingerprint density at radius 2 is 2.00 bits per heavy atom. The van der Waals surface area contributed by atoms with Gasteiger partial charge in [0.1, 0.15) is 17.2 Å². The number of benzene rings is 1. The summed E-state index contributed by atoms with van der Waals surface area (Å²) in [5.41, 5.74) is -0.563. The minimum absolute atomic E-state index is 0.119. The first-order valence-electron chi connectivity index (χ1n) is 5.61. The summed E-state index contributed by atoms with van der Waals surface area (Å²) in [4.78, 5) is 13.3. The maximum atomic E-state index is 13.6. The number of hydrogen-bond donors (Lipinski definition) is 1. The van der Waals surface area contributed by atoms with Gasteiger partial charge in [-0.3, -0.25) is 4.79 Å². The average molecular weight is 320 g/mol. The zero-order valence-electron chi connectivity index (χ0n) is 9.50. The molecule has 1 N–H and O–H groups in total. The van der Waals surface area contributed by atoms with Crippen LogP contribution in [0.5, 0.6) is 0 Å². The van der Waals surface area contributed by atoms with Gasteiger partial charge in [-0.2, -0.15) is 0 Å². The first-order valence-corrected chi connectivity index (χ1v) is 6.40. The molecule has 98 valence electrons. The zero-order valence-corrected chi connectivity index (χ0v) is 11.1. The molecule has 3 nitrogen and oxygen atoms in total. The fraction of sp³-hybridized carbons (Fsp3) is 0.417. The monoisotopic (exact) mass is 319 g/mol. The summed E-state index contributed by atoms with van der Waals surface area (Å²) in [5.74, 6) is -2.50. The fourth-order valence-electron chi connectivity index (χ4n) is 2.04. The van der Waals surface area contributed by atoms with Gasteiger partial charge in [-0.15, -0.1) is 0 Å². The quantitative estimate of drug-likeness (QED) is 0.863. The van der Waals surface area contributed by atoms with E-state index < -0.39 is 29.2 Å². The van der Waals surface area contributed by atoms with Gasteiger partial charge in [0.2, 0.25) is 0 Å². The lowest BCUT2D eigenvalue weighted by Gasteiger charge is -2.30. The second-order valence-corrected chi connectivity index (χ2v) is 5.21. The van der Waals surface area contributed by atoms with Crippen molar-refractivity contribution in [3.63, 3.8) is 0 Å². The lowest BCUT2D eigenvalue weighted by molar-refractivity contribution is 0.0465. The van der Waals surface area contributed by atoms with Crippen LogP contribution in [0.15, 0.2) is 16.6 Å². The van der Waals surface area contributed by atoms with Gasteiger partial charge in [-0.05, 0) is 25.0 Å². The molecule has 0 radical (unpaired) electrons. The Morgan fingerprint density at radius 3 is 2.56 bits per heavy atom. The molecular formula is C12H12BrF2NO2. The summed E-state index contributed by atoms with van der Waals surface area (Å²) in [6, 6.07) is 2.10. The first-order chi connectivity index (χ1) is 8.49. The SMILES string of the molecule is O=C(c1c(F)cc(Br)cc1F)N1CCC[C@H](O)C1. The molecule has 0 saturated carbocycles. The van der Waals surface area contributed by atoms with Gasteiger partial charge < -0.3 is 10.0 Å². The number of amides is 1. The molecule has 18 heavy (non-hydrogen) atoms. The van der Waals surface area contributed by atoms with E-state index in [1.54, 1.807) is 0 Å². The van der Waals surface area contributed by atoms with E-state index in [1.807, 2.05) is 0 Å². The molecule has 0 unspecified atom stereocenters. The molecule has 1 aromatic rings. The van der Waals surface area contributed by atoms with Crippen molar-refractivity contribution in [3.05, 3.63) is 33.8 Å². The van der Waals surface area contributed by atoms with E-state index >= 15 is 0 Å². The third kappa shape index (κ3) is 2.70. The molecule has 2 rings (SSSR count). The molecule has 1 saturated heterocycles. The summed E-state index contributed by atoms with van der Waals surface area (Å²) in [6.07, 6.45) is 0.617. The minimum atomic E-state index is -0.896. The van der Waals surface area contributed by atoms with E-state index in [0.29, 0.717) is 19.4 Å². The predicted octanol–water partition coefficient (Wildman–Crippen LogP) is 2.32. The summed E-state index contributed by atoms with van der Waals surface area (Å²) in [7, 11) is 0. The Bertz CT molecular complexity index is 458. The van der Waals surface area contributed by atoms with E-state index in [9.17, 15) is 18.7 Å². The van der Waals surface area contributed by atoms with Crippen LogP contribution in [0.1, 0.15) is 23.2 Å². The molecule has 6 heteroatoms. The van der Waals surface area contributed by atoms with Crippen molar-refractivity contribution in [2.24, 2.45) is 0 Å². The van der Waals surface area contributed by atoms with Crippen LogP contribution in [0, 0.1) is 11.6 Å². The number of nitrogens with zero attached hydrogens (tertiary/aromatic N) is 1. The molecule has 1 amide bonds. The van der Waals surface area contributed by atoms with Crippen molar-refractivity contribution >= 4 is 21.8 Å². The van der Waals surface area contributed by atoms with E-state index in [4.69, 9.17) is 0 Å². The lowest BCUT2D eigenvalue weighted by Crippen LogP contribution is -2.42. The highest BCUT2D eigenvalue weighted by atomic mass is 79.9. The number of rotatable bonds is 1. The van der Waals surface area contributed by atoms with Crippen LogP contribution < -0.4 is 0 Å². The highest BCUT2D eigenvalue weighted by Crippen LogP contribution is 2.22. The van der Waals surface area contributed by atoms with Gasteiger partial charge in [0.05, 0.1) is 6.10 Å². The Labute approximate surface area is 112 Å². The lowest BCUT2D eigenvalue weighted by atomic mass is 10.1. The van der Waals surface area contributed by atoms with Gasteiger partial charge in [0, 0.05) is 17.6 Å². The van der Waals surface area contributed by atoms with Crippen LogP contribution in [0.2, 0.25) is 0 Å². The van der Waals surface area contributed by atoms with E-state index in [0.717, 1.165) is 12.1 Å². The molecule has 1 fully saturated rings. The predicted molar refractivity (Wildman–Crippen MR) is 65.2 cm³/mol. The summed E-state index contributed by atoms with van der Waals surface area (Å²) >= 11 is 2.96. The number of aliphatic hydroxyl groups excluding tert-OH is 1. The van der Waals surface area contributed by atoms with Crippen molar-refractivity contribution in [2.75, 3.05) is 13.1 Å². The maximum absolute atomic E-state index is 13.6. The Hall–Kier alpha value is -1.01. The average Bonchev–Trinajstić information content (AvgIpc) is 2.27. The van der Waals surface area contributed by atoms with Crippen molar-refractivity contribution in [1.82, 2.24) is 4.90 Å². The van der Waals surface area contributed by atoms with Crippen LogP contribution in [0.4, 0.5) is 8.78 Å². The highest BCUT2D eigenvalue weighted by molar-refractivity contribution is 9.10. The molecule has 0 aliphatic carbocycles. The highest BCUT2D eigenvalue weighted by Gasteiger charge is 2.27. The number of aliphatic hydroxyl groups is 1. The molecular weight excluding hydrogens is 308 g/mol. The fourth-order valence-corrected chi connectivity index (χ4v) is 2.45. The van der Waals surface area contributed by atoms with Gasteiger partial charge in [0.25, 0.3) is 5.91 Å². The normalized spacial score (nSPS) is 20.0. The molecule has 0 bridgehead atoms. The van der Waals surface area contributed by atoms with Gasteiger partial charge in [-0.1, -0.05) is 15.9 Å². The van der Waals surface area contributed by atoms with Crippen LogP contribution >= 0.6 is 15.9 Å². The topological polar surface area (TPSA) is 40.5 Å². The Kier molecular flexibility index (Phi) is 3.97. The number of β-amino-alcohol motifs (C(OH)–C–C–N with tert-alkyl or cyclic N) is 1. The molecule has 1 atom stereocenters. The minimum Gasteiger partial charge on any atom is -0.391 e. The largest absolute Gasteiger partial charge is 0.391 e. The van der Waals surface area contributed by atoms with Crippen LogP contribution in [-0.2, 0) is 0 Å². The van der Waals surface area contributed by atoms with Crippen molar-refractivity contribution < 1.29 is 18.7 Å². The van der Waals surface area contributed by atoms with E-state index in [-0.39, 0.29) is 11.0 Å². The molecule has 0 aromatic heterocycles. The first kappa shape index (κ1) is 13.4. The van der Waals surface area contributed by atoms with Gasteiger partial charge >= 0.3 is 0 Å². The molecule has 1 aliphatic rings. The number of likely N-dealkylation sites (tertiary alicyclic amines) is 1. The number of carbonyl (C=O) groups is 1. The van der Waals surface area contributed by atoms with Crippen LogP contribution in [0.3, 0.4) is 0 Å². The second-order valence-electron chi connectivity index (χ2n) is 4.29. The summed E-state index contributed by atoms with van der Waals surface area (Å²) < 4.78 is 27.5. The smallest absolute Gasteiger partial charge is 0.259 e. The molecule has 1 aromatic carbocycles. The van der Waals surface area contributed by atoms with Crippen molar-refractivity contribution in [1.29, 1.82) is 0 Å². The third-order valence-corrected chi connectivity index (χ3v) is 3.36. The third-order valence-electron chi connectivity index (χ3n) is 2.90. The Balaban J connectivity index is 2.28. The zero-order chi connectivity index (χ0) is 13.3. The summed E-state index contributed by atoms with van der Waals surface area (Å²) in [6.45, 7) is 0.526. The number of hydrogen-bond acceptors (Lipinski definition) is 2.